The van der Waals surface area contributed by atoms with Crippen LogP contribution in [0.3, 0.4) is 0 Å². The van der Waals surface area contributed by atoms with Crippen molar-refractivity contribution in [3.8, 4) is 11.5 Å². The summed E-state index contributed by atoms with van der Waals surface area (Å²) in [7, 11) is 0. The maximum atomic E-state index is 14.5. The molecule has 0 saturated heterocycles. The first-order chi connectivity index (χ1) is 14.2. The Morgan fingerprint density at radius 1 is 0.897 bits per heavy atom. The summed E-state index contributed by atoms with van der Waals surface area (Å²) in [6.45, 7) is 0.601. The highest BCUT2D eigenvalue weighted by Crippen LogP contribution is 2.26. The van der Waals surface area contributed by atoms with Gasteiger partial charge in [0, 0.05) is 22.7 Å². The van der Waals surface area contributed by atoms with Gasteiger partial charge in [-0.2, -0.15) is 0 Å². The first kappa shape index (κ1) is 19.3. The third-order valence-corrected chi connectivity index (χ3v) is 4.85. The molecule has 0 spiro atoms. The monoisotopic (exact) mass is 407 g/mol. The van der Waals surface area contributed by atoms with Gasteiger partial charge in [-0.25, -0.2) is 4.39 Å². The van der Waals surface area contributed by atoms with Crippen LogP contribution in [0.15, 0.2) is 83.3 Å². The largest absolute Gasteiger partial charge is 0.419 e. The smallest absolute Gasteiger partial charge is 0.247 e. The van der Waals surface area contributed by atoms with Crippen molar-refractivity contribution in [3.63, 3.8) is 0 Å². The van der Waals surface area contributed by atoms with Gasteiger partial charge in [-0.15, -0.1) is 10.2 Å². The highest BCUT2D eigenvalue weighted by molar-refractivity contribution is 6.30. The molecule has 1 heterocycles. The summed E-state index contributed by atoms with van der Waals surface area (Å²) in [4.78, 5) is 0. The molecule has 0 aliphatic carbocycles. The van der Waals surface area contributed by atoms with Gasteiger partial charge < -0.3 is 9.73 Å². The van der Waals surface area contributed by atoms with Crippen molar-refractivity contribution in [2.45, 2.75) is 12.5 Å². The Balaban J connectivity index is 1.57. The molecule has 4 nitrogen and oxygen atoms in total. The predicted octanol–water partition coefficient (Wildman–Crippen LogP) is 5.45. The quantitative estimate of drug-likeness (QED) is 0.442. The predicted molar refractivity (Wildman–Crippen MR) is 111 cm³/mol. The second-order valence-electron chi connectivity index (χ2n) is 6.60. The minimum atomic E-state index is -0.548. The molecule has 1 atom stereocenters. The lowest BCUT2D eigenvalue weighted by atomic mass is 10.1. The normalized spacial score (nSPS) is 12.1. The lowest BCUT2D eigenvalue weighted by Gasteiger charge is -2.16. The lowest BCUT2D eigenvalue weighted by molar-refractivity contribution is 0.430. The summed E-state index contributed by atoms with van der Waals surface area (Å²) in [6, 6.07) is 23.2. The van der Waals surface area contributed by atoms with Crippen molar-refractivity contribution in [1.82, 2.24) is 15.5 Å². The van der Waals surface area contributed by atoms with E-state index < -0.39 is 6.04 Å². The number of nitrogens with one attached hydrogen (secondary N) is 1. The number of halogens is 2. The van der Waals surface area contributed by atoms with E-state index in [2.05, 4.69) is 15.5 Å². The van der Waals surface area contributed by atoms with E-state index in [1.807, 2.05) is 54.6 Å². The van der Waals surface area contributed by atoms with E-state index in [1.54, 1.807) is 18.2 Å². The van der Waals surface area contributed by atoms with Crippen LogP contribution in [0, 0.1) is 5.82 Å². The molecule has 4 aromatic rings. The summed E-state index contributed by atoms with van der Waals surface area (Å²) in [6.07, 6.45) is 0.752. The van der Waals surface area contributed by atoms with Crippen molar-refractivity contribution < 1.29 is 8.81 Å². The fraction of sp³-hybridized carbons (Fsp3) is 0.130. The molecule has 0 bridgehead atoms. The number of nitrogens with zero attached hydrogens (tertiary/aromatic N) is 2. The van der Waals surface area contributed by atoms with Gasteiger partial charge in [0.05, 0.1) is 0 Å². The second-order valence-corrected chi connectivity index (χ2v) is 7.03. The molecule has 3 aromatic carbocycles. The first-order valence-electron chi connectivity index (χ1n) is 9.32. The van der Waals surface area contributed by atoms with Crippen molar-refractivity contribution in [2.24, 2.45) is 0 Å². The van der Waals surface area contributed by atoms with Gasteiger partial charge in [0.25, 0.3) is 0 Å². The molecule has 4 rings (SSSR count). The topological polar surface area (TPSA) is 51.0 Å². The van der Waals surface area contributed by atoms with E-state index in [9.17, 15) is 4.39 Å². The average Bonchev–Trinajstić information content (AvgIpc) is 3.24. The maximum Gasteiger partial charge on any atom is 0.247 e. The molecular formula is C23H19ClFN3O. The van der Waals surface area contributed by atoms with E-state index >= 15 is 0 Å². The van der Waals surface area contributed by atoms with Crippen LogP contribution in [-0.4, -0.2) is 16.7 Å². The van der Waals surface area contributed by atoms with Gasteiger partial charge in [0.2, 0.25) is 11.8 Å². The van der Waals surface area contributed by atoms with Crippen molar-refractivity contribution in [1.29, 1.82) is 0 Å². The van der Waals surface area contributed by atoms with E-state index in [-0.39, 0.29) is 5.82 Å². The lowest BCUT2D eigenvalue weighted by Crippen LogP contribution is -2.26. The van der Waals surface area contributed by atoms with E-state index in [0.29, 0.717) is 28.9 Å². The molecule has 1 unspecified atom stereocenters. The van der Waals surface area contributed by atoms with Gasteiger partial charge in [-0.1, -0.05) is 60.1 Å². The summed E-state index contributed by atoms with van der Waals surface area (Å²) in [5.41, 5.74) is 2.41. The SMILES string of the molecule is Fc1ccccc1C(NCCc1ccc(Cl)cc1)c1nnc(-c2ccccc2)o1. The van der Waals surface area contributed by atoms with Crippen LogP contribution in [0.25, 0.3) is 11.5 Å². The zero-order chi connectivity index (χ0) is 20.1. The molecule has 0 fully saturated rings. The third kappa shape index (κ3) is 4.70. The Morgan fingerprint density at radius 3 is 2.38 bits per heavy atom. The first-order valence-corrected chi connectivity index (χ1v) is 9.69. The minimum Gasteiger partial charge on any atom is -0.419 e. The number of rotatable bonds is 7. The molecule has 6 heteroatoms. The van der Waals surface area contributed by atoms with Crippen molar-refractivity contribution >= 4 is 11.6 Å². The van der Waals surface area contributed by atoms with Crippen LogP contribution in [0.2, 0.25) is 5.02 Å². The van der Waals surface area contributed by atoms with Crippen LogP contribution in [0.1, 0.15) is 23.1 Å². The van der Waals surface area contributed by atoms with Gasteiger partial charge in [-0.3, -0.25) is 0 Å². The van der Waals surface area contributed by atoms with E-state index in [4.69, 9.17) is 16.0 Å². The Morgan fingerprint density at radius 2 is 1.62 bits per heavy atom. The van der Waals surface area contributed by atoms with Gasteiger partial charge in [0.15, 0.2) is 0 Å². The highest BCUT2D eigenvalue weighted by Gasteiger charge is 2.23. The van der Waals surface area contributed by atoms with Crippen molar-refractivity contribution in [3.05, 3.63) is 107 Å². The average molecular weight is 408 g/mol. The Bertz CT molecular complexity index is 1070. The zero-order valence-electron chi connectivity index (χ0n) is 15.6. The molecule has 0 radical (unpaired) electrons. The van der Waals surface area contributed by atoms with Gasteiger partial charge in [0.1, 0.15) is 11.9 Å². The summed E-state index contributed by atoms with van der Waals surface area (Å²) < 4.78 is 20.4. The Hall–Kier alpha value is -3.02. The molecule has 0 aliphatic heterocycles. The minimum absolute atomic E-state index is 0.323. The standard InChI is InChI=1S/C23H19ClFN3O/c24-18-12-10-16(11-13-18)14-15-26-21(19-8-4-5-9-20(19)25)23-28-27-22(29-23)17-6-2-1-3-7-17/h1-13,21,26H,14-15H2. The molecule has 0 saturated carbocycles. The van der Waals surface area contributed by atoms with Crippen LogP contribution in [0.5, 0.6) is 0 Å². The summed E-state index contributed by atoms with van der Waals surface area (Å²) >= 11 is 5.94. The molecule has 0 aliphatic rings. The molecule has 0 amide bonds. The third-order valence-electron chi connectivity index (χ3n) is 4.60. The van der Waals surface area contributed by atoms with Gasteiger partial charge >= 0.3 is 0 Å². The number of hydrogen-bond acceptors (Lipinski definition) is 4. The summed E-state index contributed by atoms with van der Waals surface area (Å²) in [5.74, 6) is 0.405. The Kier molecular flexibility index (Phi) is 5.98. The molecule has 146 valence electrons. The van der Waals surface area contributed by atoms with Crippen LogP contribution >= 0.6 is 11.6 Å². The molecule has 1 N–H and O–H groups in total. The molecular weight excluding hydrogens is 389 g/mol. The van der Waals surface area contributed by atoms with Crippen LogP contribution in [0.4, 0.5) is 4.39 Å². The van der Waals surface area contributed by atoms with Crippen molar-refractivity contribution in [2.75, 3.05) is 6.54 Å². The molecule has 29 heavy (non-hydrogen) atoms. The number of aromatic nitrogens is 2. The zero-order valence-corrected chi connectivity index (χ0v) is 16.3. The number of benzene rings is 3. The van der Waals surface area contributed by atoms with Crippen LogP contribution < -0.4 is 5.32 Å². The summed E-state index contributed by atoms with van der Waals surface area (Å²) in [5, 5.41) is 12.4. The van der Waals surface area contributed by atoms with E-state index in [1.165, 1.54) is 6.07 Å². The Labute approximate surface area is 173 Å². The number of hydrogen-bond donors (Lipinski definition) is 1. The fourth-order valence-corrected chi connectivity index (χ4v) is 3.23. The highest BCUT2D eigenvalue weighted by atomic mass is 35.5. The van der Waals surface area contributed by atoms with Crippen LogP contribution in [-0.2, 0) is 6.42 Å². The fourth-order valence-electron chi connectivity index (χ4n) is 3.10. The van der Waals surface area contributed by atoms with Gasteiger partial charge in [-0.05, 0) is 42.3 Å². The second kappa shape index (κ2) is 8.99. The van der Waals surface area contributed by atoms with E-state index in [0.717, 1.165) is 17.5 Å². The molecule has 1 aromatic heterocycles. The maximum absolute atomic E-state index is 14.5.